The minimum atomic E-state index is -0.176. The van der Waals surface area contributed by atoms with Crippen LogP contribution in [-0.4, -0.2) is 62.0 Å². The minimum absolute atomic E-state index is 0.176. The summed E-state index contributed by atoms with van der Waals surface area (Å²) in [5.41, 5.74) is -0.176. The van der Waals surface area contributed by atoms with E-state index in [0.717, 1.165) is 39.0 Å². The fourth-order valence-electron chi connectivity index (χ4n) is 3.05. The number of hydrogen-bond acceptors (Lipinski definition) is 3. The molecule has 0 aromatic rings. The first-order chi connectivity index (χ1) is 8.03. The number of likely N-dealkylation sites (tertiary alicyclic amines) is 1. The summed E-state index contributed by atoms with van der Waals surface area (Å²) in [5, 5.41) is 3.30. The third-order valence-electron chi connectivity index (χ3n) is 4.35. The molecule has 2 unspecified atom stereocenters. The predicted octanol–water partition coefficient (Wildman–Crippen LogP) is 0.539. The highest BCUT2D eigenvalue weighted by Crippen LogP contribution is 2.28. The smallest absolute Gasteiger partial charge is 0.229 e. The van der Waals surface area contributed by atoms with Crippen molar-refractivity contribution in [3.8, 4) is 0 Å². The molecule has 2 aliphatic rings. The molecule has 1 amide bonds. The molecule has 2 saturated heterocycles. The predicted molar refractivity (Wildman–Crippen MR) is 68.9 cm³/mol. The van der Waals surface area contributed by atoms with Gasteiger partial charge in [-0.2, -0.15) is 0 Å². The highest BCUT2D eigenvalue weighted by atomic mass is 16.2. The van der Waals surface area contributed by atoms with E-state index >= 15 is 0 Å². The maximum atomic E-state index is 12.5. The zero-order valence-corrected chi connectivity index (χ0v) is 11.3. The van der Waals surface area contributed by atoms with Gasteiger partial charge in [0.2, 0.25) is 5.91 Å². The first-order valence-electron chi connectivity index (χ1n) is 6.69. The highest BCUT2D eigenvalue weighted by molar-refractivity contribution is 5.83. The second-order valence-corrected chi connectivity index (χ2v) is 5.96. The summed E-state index contributed by atoms with van der Waals surface area (Å²) in [6.07, 6.45) is 3.32. The van der Waals surface area contributed by atoms with Crippen LogP contribution in [0.5, 0.6) is 0 Å². The molecule has 4 nitrogen and oxygen atoms in total. The van der Waals surface area contributed by atoms with Gasteiger partial charge in [-0.25, -0.2) is 0 Å². The standard InChI is InChI=1S/C13H25N3O/c1-13(6-7-14-10-13)12(17)16(3)11-5-4-8-15(2)9-11/h11,14H,4-10H2,1-3H3. The Kier molecular flexibility index (Phi) is 3.73. The van der Waals surface area contributed by atoms with E-state index in [1.165, 1.54) is 6.42 Å². The first-order valence-corrected chi connectivity index (χ1v) is 6.69. The van der Waals surface area contributed by atoms with E-state index in [0.29, 0.717) is 11.9 Å². The molecule has 2 atom stereocenters. The van der Waals surface area contributed by atoms with Gasteiger partial charge in [0.1, 0.15) is 0 Å². The Morgan fingerprint density at radius 2 is 2.29 bits per heavy atom. The van der Waals surface area contributed by atoms with Gasteiger partial charge < -0.3 is 15.1 Å². The Morgan fingerprint density at radius 1 is 1.53 bits per heavy atom. The van der Waals surface area contributed by atoms with Crippen LogP contribution in [0.2, 0.25) is 0 Å². The molecule has 2 aliphatic heterocycles. The van der Waals surface area contributed by atoms with E-state index in [-0.39, 0.29) is 5.41 Å². The molecule has 2 heterocycles. The van der Waals surface area contributed by atoms with E-state index < -0.39 is 0 Å². The van der Waals surface area contributed by atoms with E-state index in [1.807, 2.05) is 11.9 Å². The van der Waals surface area contributed by atoms with Crippen molar-refractivity contribution in [2.75, 3.05) is 40.3 Å². The van der Waals surface area contributed by atoms with Crippen LogP contribution in [0.25, 0.3) is 0 Å². The Morgan fingerprint density at radius 3 is 2.88 bits per heavy atom. The zero-order chi connectivity index (χ0) is 12.5. The summed E-state index contributed by atoms with van der Waals surface area (Å²) in [5.74, 6) is 0.322. The monoisotopic (exact) mass is 239 g/mol. The second kappa shape index (κ2) is 4.94. The van der Waals surface area contributed by atoms with Crippen LogP contribution in [0.3, 0.4) is 0 Å². The van der Waals surface area contributed by atoms with Crippen LogP contribution in [-0.2, 0) is 4.79 Å². The molecule has 0 aromatic carbocycles. The van der Waals surface area contributed by atoms with Gasteiger partial charge in [0.05, 0.1) is 5.41 Å². The number of carbonyl (C=O) groups is 1. The van der Waals surface area contributed by atoms with Crippen LogP contribution in [0.1, 0.15) is 26.2 Å². The molecular weight excluding hydrogens is 214 g/mol. The van der Waals surface area contributed by atoms with Crippen LogP contribution in [0.15, 0.2) is 0 Å². The van der Waals surface area contributed by atoms with Crippen LogP contribution in [0.4, 0.5) is 0 Å². The normalized spacial score (nSPS) is 34.9. The summed E-state index contributed by atoms with van der Waals surface area (Å²) < 4.78 is 0. The summed E-state index contributed by atoms with van der Waals surface area (Å²) >= 11 is 0. The van der Waals surface area contributed by atoms with Crippen molar-refractivity contribution in [2.45, 2.75) is 32.2 Å². The highest BCUT2D eigenvalue weighted by Gasteiger charge is 2.40. The van der Waals surface area contributed by atoms with Gasteiger partial charge in [-0.3, -0.25) is 4.79 Å². The van der Waals surface area contributed by atoms with Crippen molar-refractivity contribution < 1.29 is 4.79 Å². The zero-order valence-electron chi connectivity index (χ0n) is 11.3. The molecule has 0 aromatic heterocycles. The van der Waals surface area contributed by atoms with Crippen molar-refractivity contribution in [1.29, 1.82) is 0 Å². The Labute approximate surface area is 104 Å². The molecule has 98 valence electrons. The van der Waals surface area contributed by atoms with E-state index in [1.54, 1.807) is 0 Å². The lowest BCUT2D eigenvalue weighted by Gasteiger charge is -2.39. The third kappa shape index (κ3) is 2.63. The largest absolute Gasteiger partial charge is 0.341 e. The summed E-state index contributed by atoms with van der Waals surface area (Å²) in [6, 6.07) is 0.402. The topological polar surface area (TPSA) is 35.6 Å². The van der Waals surface area contributed by atoms with Crippen LogP contribution in [0, 0.1) is 5.41 Å². The summed E-state index contributed by atoms with van der Waals surface area (Å²) in [4.78, 5) is 16.9. The average molecular weight is 239 g/mol. The maximum Gasteiger partial charge on any atom is 0.229 e. The Balaban J connectivity index is 1.98. The fourth-order valence-corrected chi connectivity index (χ4v) is 3.05. The van der Waals surface area contributed by atoms with Gasteiger partial charge in [0.25, 0.3) is 0 Å². The number of hydrogen-bond donors (Lipinski definition) is 1. The molecule has 2 rings (SSSR count). The number of amides is 1. The number of carbonyl (C=O) groups excluding carboxylic acids is 1. The molecule has 0 spiro atoms. The maximum absolute atomic E-state index is 12.5. The second-order valence-electron chi connectivity index (χ2n) is 5.96. The number of rotatable bonds is 2. The summed E-state index contributed by atoms with van der Waals surface area (Å²) in [7, 11) is 4.12. The minimum Gasteiger partial charge on any atom is -0.341 e. The number of nitrogens with one attached hydrogen (secondary N) is 1. The molecular formula is C13H25N3O. The van der Waals surface area contributed by atoms with Gasteiger partial charge in [-0.1, -0.05) is 0 Å². The Bertz CT molecular complexity index is 286. The fraction of sp³-hybridized carbons (Fsp3) is 0.923. The lowest BCUT2D eigenvalue weighted by Crippen LogP contribution is -2.51. The molecule has 0 aliphatic carbocycles. The van der Waals surface area contributed by atoms with Gasteiger partial charge in [0.15, 0.2) is 0 Å². The van der Waals surface area contributed by atoms with E-state index in [9.17, 15) is 4.79 Å². The molecule has 0 bridgehead atoms. The lowest BCUT2D eigenvalue weighted by atomic mass is 9.87. The van der Waals surface area contributed by atoms with Crippen LogP contribution < -0.4 is 5.32 Å². The first kappa shape index (κ1) is 12.8. The lowest BCUT2D eigenvalue weighted by molar-refractivity contribution is -0.142. The third-order valence-corrected chi connectivity index (χ3v) is 4.35. The molecule has 0 saturated carbocycles. The van der Waals surface area contributed by atoms with Crippen LogP contribution >= 0.6 is 0 Å². The average Bonchev–Trinajstić information content (AvgIpc) is 2.75. The van der Waals surface area contributed by atoms with Crippen molar-refractivity contribution in [3.63, 3.8) is 0 Å². The molecule has 17 heavy (non-hydrogen) atoms. The summed E-state index contributed by atoms with van der Waals surface area (Å²) in [6.45, 7) is 6.08. The van der Waals surface area contributed by atoms with Gasteiger partial charge in [-0.15, -0.1) is 0 Å². The quantitative estimate of drug-likeness (QED) is 0.764. The molecule has 1 N–H and O–H groups in total. The van der Waals surface area contributed by atoms with Crippen molar-refractivity contribution >= 4 is 5.91 Å². The van der Waals surface area contributed by atoms with Gasteiger partial charge >= 0.3 is 0 Å². The van der Waals surface area contributed by atoms with E-state index in [4.69, 9.17) is 0 Å². The van der Waals surface area contributed by atoms with Crippen molar-refractivity contribution in [3.05, 3.63) is 0 Å². The number of piperidine rings is 1. The molecule has 4 heteroatoms. The Hall–Kier alpha value is -0.610. The molecule has 0 radical (unpaired) electrons. The van der Waals surface area contributed by atoms with Crippen molar-refractivity contribution in [2.24, 2.45) is 5.41 Å². The number of likely N-dealkylation sites (N-methyl/N-ethyl adjacent to an activating group) is 2. The van der Waals surface area contributed by atoms with Gasteiger partial charge in [0, 0.05) is 26.2 Å². The van der Waals surface area contributed by atoms with Crippen molar-refractivity contribution in [1.82, 2.24) is 15.1 Å². The van der Waals surface area contributed by atoms with Gasteiger partial charge in [-0.05, 0) is 46.3 Å². The molecule has 2 fully saturated rings. The SMILES string of the molecule is CN1CCCC(N(C)C(=O)C2(C)CCNC2)C1. The van der Waals surface area contributed by atoms with E-state index in [2.05, 4.69) is 24.2 Å². The number of nitrogens with zero attached hydrogens (tertiary/aromatic N) is 2.